The number of methoxy groups -OCH3 is 3. The van der Waals surface area contributed by atoms with Crippen molar-refractivity contribution in [1.29, 1.82) is 0 Å². The molecule has 0 amide bonds. The van der Waals surface area contributed by atoms with Gasteiger partial charge in [0.2, 0.25) is 0 Å². The molecule has 3 rings (SSSR count). The quantitative estimate of drug-likeness (QED) is 0.183. The number of benzene rings is 3. The van der Waals surface area contributed by atoms with Gasteiger partial charge < -0.3 is 33.9 Å². The Balaban J connectivity index is 2.05. The molecule has 0 saturated heterocycles. The van der Waals surface area contributed by atoms with Gasteiger partial charge in [-0.05, 0) is 85.0 Å². The van der Waals surface area contributed by atoms with E-state index in [-0.39, 0.29) is 18.1 Å². The van der Waals surface area contributed by atoms with Crippen LogP contribution in [-0.4, -0.2) is 44.3 Å². The highest BCUT2D eigenvalue weighted by Gasteiger charge is 2.30. The molecule has 2 unspecified atom stereocenters. The Labute approximate surface area is 245 Å². The highest BCUT2D eigenvalue weighted by molar-refractivity contribution is 5.47. The molecule has 0 radical (unpaired) electrons. The molecule has 3 aromatic carbocycles. The molecule has 2 N–H and O–H groups in total. The van der Waals surface area contributed by atoms with Gasteiger partial charge in [0.25, 0.3) is 0 Å². The predicted molar refractivity (Wildman–Crippen MR) is 162 cm³/mol. The second-order valence-corrected chi connectivity index (χ2v) is 10.2. The summed E-state index contributed by atoms with van der Waals surface area (Å²) in [7, 11) is 4.71. The molecule has 0 spiro atoms. The van der Waals surface area contributed by atoms with Crippen molar-refractivity contribution in [1.82, 2.24) is 0 Å². The molecule has 7 heteroatoms. The van der Waals surface area contributed by atoms with E-state index in [2.05, 4.69) is 33.8 Å². The summed E-state index contributed by atoms with van der Waals surface area (Å²) in [5.74, 6) is 3.31. The Bertz CT molecular complexity index is 1230. The van der Waals surface area contributed by atoms with Gasteiger partial charge in [-0.25, -0.2) is 0 Å². The molecule has 0 heterocycles. The first kappa shape index (κ1) is 31.9. The van der Waals surface area contributed by atoms with Gasteiger partial charge >= 0.3 is 0 Å². The van der Waals surface area contributed by atoms with Gasteiger partial charge in [-0.1, -0.05) is 45.9 Å². The summed E-state index contributed by atoms with van der Waals surface area (Å²) in [6.45, 7) is 8.35. The topological polar surface area (TPSA) is 86.6 Å². The molecule has 41 heavy (non-hydrogen) atoms. The lowest BCUT2D eigenvalue weighted by molar-refractivity contribution is 0.0121. The van der Waals surface area contributed by atoms with Crippen LogP contribution in [0.2, 0.25) is 0 Å². The lowest BCUT2D eigenvalue weighted by Gasteiger charge is -2.29. The third kappa shape index (κ3) is 7.59. The van der Waals surface area contributed by atoms with Crippen LogP contribution in [0.3, 0.4) is 0 Å². The summed E-state index contributed by atoms with van der Waals surface area (Å²) >= 11 is 0. The van der Waals surface area contributed by atoms with Crippen molar-refractivity contribution in [2.24, 2.45) is 0 Å². The van der Waals surface area contributed by atoms with Crippen LogP contribution in [0.25, 0.3) is 0 Å². The molecule has 0 aliphatic carbocycles. The van der Waals surface area contributed by atoms with Gasteiger partial charge in [-0.15, -0.1) is 0 Å². The van der Waals surface area contributed by atoms with Gasteiger partial charge in [0.05, 0.1) is 27.9 Å². The van der Waals surface area contributed by atoms with E-state index < -0.39 is 12.2 Å². The summed E-state index contributed by atoms with van der Waals surface area (Å²) in [6.07, 6.45) is 2.47. The minimum atomic E-state index is -0.833. The first-order valence-corrected chi connectivity index (χ1v) is 14.5. The van der Waals surface area contributed by atoms with E-state index in [1.54, 1.807) is 26.4 Å². The molecule has 2 atom stereocenters. The largest absolute Gasteiger partial charge is 0.504 e. The van der Waals surface area contributed by atoms with Crippen LogP contribution in [-0.2, 0) is 0 Å². The average Bonchev–Trinajstić information content (AvgIpc) is 3.01. The highest BCUT2D eigenvalue weighted by atomic mass is 16.6. The summed E-state index contributed by atoms with van der Waals surface area (Å²) in [5.41, 5.74) is 3.01. The minimum Gasteiger partial charge on any atom is -0.504 e. The number of aliphatic hydroxyl groups is 1. The van der Waals surface area contributed by atoms with E-state index in [1.807, 2.05) is 30.3 Å². The van der Waals surface area contributed by atoms with Crippen LogP contribution in [0.1, 0.15) is 88.0 Å². The molecule has 0 bridgehead atoms. The van der Waals surface area contributed by atoms with Crippen LogP contribution >= 0.6 is 0 Å². The first-order chi connectivity index (χ1) is 19.9. The van der Waals surface area contributed by atoms with Crippen molar-refractivity contribution in [3.05, 3.63) is 71.3 Å². The fourth-order valence-electron chi connectivity index (χ4n) is 5.32. The Morgan fingerprint density at radius 3 is 1.44 bits per heavy atom. The third-order valence-corrected chi connectivity index (χ3v) is 7.87. The van der Waals surface area contributed by atoms with Crippen molar-refractivity contribution in [3.8, 4) is 34.5 Å². The maximum Gasteiger partial charge on any atom is 0.163 e. The number of phenolic OH excluding ortho intramolecular Hbond substituents is 1. The van der Waals surface area contributed by atoms with Crippen molar-refractivity contribution in [2.75, 3.05) is 27.9 Å². The Hall–Kier alpha value is -3.58. The highest BCUT2D eigenvalue weighted by Crippen LogP contribution is 2.40. The van der Waals surface area contributed by atoms with Crippen molar-refractivity contribution < 1.29 is 33.9 Å². The van der Waals surface area contributed by atoms with E-state index >= 15 is 0 Å². The van der Waals surface area contributed by atoms with Gasteiger partial charge in [0.1, 0.15) is 0 Å². The minimum absolute atomic E-state index is 0.00207. The first-order valence-electron chi connectivity index (χ1n) is 14.5. The molecular weight excluding hydrogens is 520 g/mol. The second-order valence-electron chi connectivity index (χ2n) is 10.2. The number of rotatable bonds is 16. The van der Waals surface area contributed by atoms with Crippen molar-refractivity contribution >= 4 is 0 Å². The molecule has 0 fully saturated rings. The van der Waals surface area contributed by atoms with Crippen LogP contribution in [0.4, 0.5) is 0 Å². The third-order valence-electron chi connectivity index (χ3n) is 7.87. The van der Waals surface area contributed by atoms with E-state index in [9.17, 15) is 10.2 Å². The number of hydrogen-bond acceptors (Lipinski definition) is 7. The number of phenols is 1. The molecule has 0 aromatic heterocycles. The molecule has 7 nitrogen and oxygen atoms in total. The van der Waals surface area contributed by atoms with E-state index in [0.29, 0.717) is 40.4 Å². The summed E-state index contributed by atoms with van der Waals surface area (Å²) in [5, 5.41) is 20.9. The zero-order valence-electron chi connectivity index (χ0n) is 25.5. The van der Waals surface area contributed by atoms with Gasteiger partial charge in [-0.3, -0.25) is 0 Å². The summed E-state index contributed by atoms with van der Waals surface area (Å²) < 4.78 is 29.8. The molecule has 0 aliphatic rings. The van der Waals surface area contributed by atoms with Gasteiger partial charge in [0.15, 0.2) is 46.7 Å². The van der Waals surface area contributed by atoms with E-state index in [4.69, 9.17) is 23.7 Å². The van der Waals surface area contributed by atoms with E-state index in [1.165, 1.54) is 24.3 Å². The average molecular weight is 567 g/mol. The summed E-state index contributed by atoms with van der Waals surface area (Å²) in [6, 6.07) is 16.8. The zero-order valence-corrected chi connectivity index (χ0v) is 25.5. The molecule has 3 aromatic rings. The monoisotopic (exact) mass is 566 g/mol. The molecule has 0 aliphatic heterocycles. The number of ether oxygens (including phenoxy) is 5. The van der Waals surface area contributed by atoms with E-state index in [0.717, 1.165) is 25.7 Å². The lowest BCUT2D eigenvalue weighted by Crippen LogP contribution is -2.33. The van der Waals surface area contributed by atoms with Gasteiger partial charge in [0, 0.05) is 5.56 Å². The number of aromatic hydroxyl groups is 1. The fraction of sp³-hybridized carbons (Fsp3) is 0.471. The van der Waals surface area contributed by atoms with Crippen LogP contribution < -0.4 is 23.7 Å². The maximum absolute atomic E-state index is 10.6. The predicted octanol–water partition coefficient (Wildman–Crippen LogP) is 7.79. The number of hydrogen-bond donors (Lipinski definition) is 2. The smallest absolute Gasteiger partial charge is 0.163 e. The Morgan fingerprint density at radius 2 is 1.00 bits per heavy atom. The standard InChI is InChI=1S/C34H46O7/c1-8-22(9-2)24-13-16-28(31(18-24)38-6)40-33(21-35)34(26-12-15-27(36)30(20-26)37-5)41-29-17-14-25(19-32(29)39-7)23(10-3)11-4/h12-20,22-23,33-36H,8-11,21H2,1-7H3. The van der Waals surface area contributed by atoms with Gasteiger partial charge in [-0.2, -0.15) is 0 Å². The second kappa shape index (κ2) is 15.4. The Morgan fingerprint density at radius 1 is 0.561 bits per heavy atom. The summed E-state index contributed by atoms with van der Waals surface area (Å²) in [4.78, 5) is 0. The van der Waals surface area contributed by atoms with Crippen LogP contribution in [0.15, 0.2) is 54.6 Å². The normalized spacial score (nSPS) is 12.7. The Kier molecular flexibility index (Phi) is 12.0. The maximum atomic E-state index is 10.6. The van der Waals surface area contributed by atoms with Crippen molar-refractivity contribution in [2.45, 2.75) is 77.4 Å². The SMILES string of the molecule is CCC(CC)c1ccc(OC(CO)C(Oc2ccc(C(CC)CC)cc2OC)c2ccc(O)c(OC)c2)c(OC)c1. The van der Waals surface area contributed by atoms with Crippen molar-refractivity contribution in [3.63, 3.8) is 0 Å². The molecular formula is C34H46O7. The molecule has 0 saturated carbocycles. The van der Waals surface area contributed by atoms with Crippen LogP contribution in [0.5, 0.6) is 34.5 Å². The fourth-order valence-corrected chi connectivity index (χ4v) is 5.32. The zero-order chi connectivity index (χ0) is 29.9. The lowest BCUT2D eigenvalue weighted by atomic mass is 9.93. The molecule has 224 valence electrons. The van der Waals surface area contributed by atoms with Crippen LogP contribution in [0, 0.1) is 0 Å². The number of aliphatic hydroxyl groups excluding tert-OH is 1.